The maximum absolute atomic E-state index is 12.3. The normalized spacial score (nSPS) is 15.9. The standard InChI is InChI=1S/C17H17N3O4/c1-2-9-24-13-6-3-11(4-7-13)16-18-15-8-5-12(20(22)23)10-14(15)17(21)19-16/h3-8,10,16,18H,2,9H2,1H3,(H,19,21). The number of carbonyl (C=O) groups excluding carboxylic acids is 1. The first-order valence-corrected chi connectivity index (χ1v) is 7.67. The fourth-order valence-electron chi connectivity index (χ4n) is 2.50. The maximum atomic E-state index is 12.3. The molecule has 1 atom stereocenters. The van der Waals surface area contributed by atoms with Crippen molar-refractivity contribution >= 4 is 17.3 Å². The summed E-state index contributed by atoms with van der Waals surface area (Å²) in [6, 6.07) is 11.7. The van der Waals surface area contributed by atoms with Crippen molar-refractivity contribution in [3.8, 4) is 5.75 Å². The van der Waals surface area contributed by atoms with Gasteiger partial charge >= 0.3 is 0 Å². The zero-order chi connectivity index (χ0) is 17.1. The lowest BCUT2D eigenvalue weighted by Gasteiger charge is -2.28. The highest BCUT2D eigenvalue weighted by Crippen LogP contribution is 2.30. The molecular formula is C17H17N3O4. The molecule has 3 rings (SSSR count). The number of benzene rings is 2. The van der Waals surface area contributed by atoms with Crippen LogP contribution in [0.1, 0.15) is 35.4 Å². The number of anilines is 1. The van der Waals surface area contributed by atoms with Crippen LogP contribution in [0.15, 0.2) is 42.5 Å². The van der Waals surface area contributed by atoms with E-state index in [-0.39, 0.29) is 17.2 Å². The van der Waals surface area contributed by atoms with Crippen molar-refractivity contribution in [3.63, 3.8) is 0 Å². The highest BCUT2D eigenvalue weighted by molar-refractivity contribution is 6.02. The summed E-state index contributed by atoms with van der Waals surface area (Å²) in [4.78, 5) is 22.6. The Bertz CT molecular complexity index is 774. The van der Waals surface area contributed by atoms with Crippen LogP contribution in [0, 0.1) is 10.1 Å². The van der Waals surface area contributed by atoms with Crippen LogP contribution < -0.4 is 15.4 Å². The molecule has 0 spiro atoms. The van der Waals surface area contributed by atoms with Crippen molar-refractivity contribution in [1.29, 1.82) is 0 Å². The molecule has 24 heavy (non-hydrogen) atoms. The molecule has 1 amide bonds. The van der Waals surface area contributed by atoms with E-state index in [1.165, 1.54) is 12.1 Å². The zero-order valence-electron chi connectivity index (χ0n) is 13.1. The largest absolute Gasteiger partial charge is 0.494 e. The molecule has 1 unspecified atom stereocenters. The molecule has 2 aromatic carbocycles. The molecule has 2 aromatic rings. The van der Waals surface area contributed by atoms with Crippen molar-refractivity contribution in [2.24, 2.45) is 0 Å². The minimum atomic E-state index is -0.519. The van der Waals surface area contributed by atoms with Gasteiger partial charge in [-0.25, -0.2) is 0 Å². The number of rotatable bonds is 5. The van der Waals surface area contributed by atoms with Gasteiger partial charge in [0.25, 0.3) is 11.6 Å². The quantitative estimate of drug-likeness (QED) is 0.649. The lowest BCUT2D eigenvalue weighted by atomic mass is 10.0. The molecule has 7 heteroatoms. The summed E-state index contributed by atoms with van der Waals surface area (Å²) >= 11 is 0. The van der Waals surface area contributed by atoms with E-state index in [9.17, 15) is 14.9 Å². The summed E-state index contributed by atoms with van der Waals surface area (Å²) in [5.41, 5.74) is 1.60. The van der Waals surface area contributed by atoms with Gasteiger partial charge in [0.15, 0.2) is 0 Å². The third-order valence-electron chi connectivity index (χ3n) is 3.72. The van der Waals surface area contributed by atoms with Crippen molar-refractivity contribution in [1.82, 2.24) is 5.32 Å². The monoisotopic (exact) mass is 327 g/mol. The predicted molar refractivity (Wildman–Crippen MR) is 89.2 cm³/mol. The third kappa shape index (κ3) is 3.15. The van der Waals surface area contributed by atoms with Crippen LogP contribution in [0.2, 0.25) is 0 Å². The molecule has 1 aliphatic heterocycles. The van der Waals surface area contributed by atoms with Gasteiger partial charge in [0.05, 0.1) is 17.1 Å². The average Bonchev–Trinajstić information content (AvgIpc) is 2.60. The number of hydrogen-bond donors (Lipinski definition) is 2. The van der Waals surface area contributed by atoms with E-state index >= 15 is 0 Å². The van der Waals surface area contributed by atoms with Crippen LogP contribution in [0.25, 0.3) is 0 Å². The lowest BCUT2D eigenvalue weighted by Crippen LogP contribution is -2.38. The Labute approximate surface area is 138 Å². The summed E-state index contributed by atoms with van der Waals surface area (Å²) in [5, 5.41) is 16.8. The van der Waals surface area contributed by atoms with Gasteiger partial charge in [-0.3, -0.25) is 14.9 Å². The highest BCUT2D eigenvalue weighted by Gasteiger charge is 2.26. The fraction of sp³-hybridized carbons (Fsp3) is 0.235. The molecule has 124 valence electrons. The topological polar surface area (TPSA) is 93.5 Å². The Morgan fingerprint density at radius 2 is 1.92 bits per heavy atom. The Kier molecular flexibility index (Phi) is 4.33. The second-order valence-electron chi connectivity index (χ2n) is 5.46. The second kappa shape index (κ2) is 6.57. The summed E-state index contributed by atoms with van der Waals surface area (Å²) < 4.78 is 5.54. The Hall–Kier alpha value is -3.09. The number of nitrogens with zero attached hydrogens (tertiary/aromatic N) is 1. The van der Waals surface area contributed by atoms with Gasteiger partial charge in [-0.2, -0.15) is 0 Å². The molecule has 0 radical (unpaired) electrons. The number of amides is 1. The number of fused-ring (bicyclic) bond motifs is 1. The van der Waals surface area contributed by atoms with Crippen LogP contribution in [-0.2, 0) is 0 Å². The molecule has 0 saturated carbocycles. The molecule has 2 N–H and O–H groups in total. The summed E-state index contributed by atoms with van der Waals surface area (Å²) in [5.74, 6) is 0.433. The molecule has 0 fully saturated rings. The molecule has 0 aromatic heterocycles. The molecule has 1 heterocycles. The van der Waals surface area contributed by atoms with E-state index in [0.717, 1.165) is 17.7 Å². The van der Waals surface area contributed by atoms with E-state index in [1.54, 1.807) is 6.07 Å². The summed E-state index contributed by atoms with van der Waals surface area (Å²) in [6.07, 6.45) is 0.539. The number of non-ortho nitro benzene ring substituents is 1. The Morgan fingerprint density at radius 1 is 1.17 bits per heavy atom. The number of nitro groups is 1. The van der Waals surface area contributed by atoms with Crippen LogP contribution in [-0.4, -0.2) is 17.4 Å². The van der Waals surface area contributed by atoms with Crippen LogP contribution in [0.5, 0.6) is 5.75 Å². The first-order chi connectivity index (χ1) is 11.6. The molecule has 7 nitrogen and oxygen atoms in total. The van der Waals surface area contributed by atoms with Gasteiger partial charge in [0.2, 0.25) is 0 Å². The number of ether oxygens (including phenoxy) is 1. The highest BCUT2D eigenvalue weighted by atomic mass is 16.6. The third-order valence-corrected chi connectivity index (χ3v) is 3.72. The van der Waals surface area contributed by atoms with Gasteiger partial charge in [0.1, 0.15) is 11.9 Å². The van der Waals surface area contributed by atoms with Gasteiger partial charge < -0.3 is 15.4 Å². The molecular weight excluding hydrogens is 310 g/mol. The minimum absolute atomic E-state index is 0.110. The van der Waals surface area contributed by atoms with E-state index in [1.807, 2.05) is 31.2 Å². The summed E-state index contributed by atoms with van der Waals surface area (Å²) in [6.45, 7) is 2.70. The first-order valence-electron chi connectivity index (χ1n) is 7.67. The minimum Gasteiger partial charge on any atom is -0.494 e. The van der Waals surface area contributed by atoms with Crippen molar-refractivity contribution in [3.05, 3.63) is 63.7 Å². The van der Waals surface area contributed by atoms with Crippen molar-refractivity contribution < 1.29 is 14.5 Å². The van der Waals surface area contributed by atoms with E-state index < -0.39 is 11.1 Å². The van der Waals surface area contributed by atoms with E-state index in [2.05, 4.69) is 10.6 Å². The average molecular weight is 327 g/mol. The van der Waals surface area contributed by atoms with Crippen molar-refractivity contribution in [2.75, 3.05) is 11.9 Å². The van der Waals surface area contributed by atoms with Crippen LogP contribution in [0.3, 0.4) is 0 Å². The Balaban J connectivity index is 1.80. The zero-order valence-corrected chi connectivity index (χ0v) is 13.1. The van der Waals surface area contributed by atoms with Crippen LogP contribution in [0.4, 0.5) is 11.4 Å². The molecule has 0 bridgehead atoms. The molecule has 0 aliphatic carbocycles. The first kappa shape index (κ1) is 15.8. The lowest BCUT2D eigenvalue weighted by molar-refractivity contribution is -0.384. The van der Waals surface area contributed by atoms with Gasteiger partial charge in [-0.05, 0) is 30.2 Å². The van der Waals surface area contributed by atoms with Gasteiger partial charge in [-0.1, -0.05) is 19.1 Å². The van der Waals surface area contributed by atoms with Crippen LogP contribution >= 0.6 is 0 Å². The summed E-state index contributed by atoms with van der Waals surface area (Å²) in [7, 11) is 0. The van der Waals surface area contributed by atoms with E-state index in [0.29, 0.717) is 12.3 Å². The number of hydrogen-bond acceptors (Lipinski definition) is 5. The Morgan fingerprint density at radius 3 is 2.58 bits per heavy atom. The number of nitrogens with one attached hydrogen (secondary N) is 2. The SMILES string of the molecule is CCCOc1ccc(C2NC(=O)c3cc([N+](=O)[O-])ccc3N2)cc1. The number of nitro benzene ring substituents is 1. The molecule has 0 saturated heterocycles. The fourth-order valence-corrected chi connectivity index (χ4v) is 2.50. The second-order valence-corrected chi connectivity index (χ2v) is 5.46. The van der Waals surface area contributed by atoms with Crippen molar-refractivity contribution in [2.45, 2.75) is 19.5 Å². The predicted octanol–water partition coefficient (Wildman–Crippen LogP) is 3.24. The number of carbonyl (C=O) groups is 1. The van der Waals surface area contributed by atoms with Gasteiger partial charge in [0, 0.05) is 17.8 Å². The molecule has 1 aliphatic rings. The maximum Gasteiger partial charge on any atom is 0.270 e. The smallest absolute Gasteiger partial charge is 0.270 e. The van der Waals surface area contributed by atoms with Gasteiger partial charge in [-0.15, -0.1) is 0 Å². The van der Waals surface area contributed by atoms with E-state index in [4.69, 9.17) is 4.74 Å².